The van der Waals surface area contributed by atoms with Crippen LogP contribution >= 0.6 is 15.9 Å². The minimum absolute atomic E-state index is 0.0852. The molecule has 0 bridgehead atoms. The fraction of sp³-hybridized carbons (Fsp3) is 0.133. The second kappa shape index (κ2) is 5.96. The van der Waals surface area contributed by atoms with Crippen molar-refractivity contribution in [3.63, 3.8) is 0 Å². The van der Waals surface area contributed by atoms with Gasteiger partial charge in [-0.15, -0.1) is 0 Å². The zero-order chi connectivity index (χ0) is 14.7. The van der Waals surface area contributed by atoms with Crippen LogP contribution in [0, 0.1) is 6.92 Å². The Labute approximate surface area is 125 Å². The highest BCUT2D eigenvalue weighted by molar-refractivity contribution is 9.10. The van der Waals surface area contributed by atoms with E-state index in [1.165, 1.54) is 6.07 Å². The van der Waals surface area contributed by atoms with Crippen molar-refractivity contribution in [2.45, 2.75) is 6.92 Å². The van der Waals surface area contributed by atoms with Crippen molar-refractivity contribution >= 4 is 21.9 Å². The van der Waals surface area contributed by atoms with Crippen LogP contribution in [0.5, 0.6) is 17.2 Å². The summed E-state index contributed by atoms with van der Waals surface area (Å²) in [6, 6.07) is 10.3. The van der Waals surface area contributed by atoms with Gasteiger partial charge in [0, 0.05) is 4.47 Å². The third-order valence-electron chi connectivity index (χ3n) is 2.71. The molecule has 0 saturated carbocycles. The van der Waals surface area contributed by atoms with Gasteiger partial charge in [-0.2, -0.15) is 0 Å². The Balaban J connectivity index is 2.42. The quantitative estimate of drug-likeness (QED) is 0.906. The topological polar surface area (TPSA) is 55.8 Å². The number of carboxylic acids is 1. The molecule has 2 aromatic carbocycles. The van der Waals surface area contributed by atoms with Gasteiger partial charge in [-0.05, 0) is 42.8 Å². The summed E-state index contributed by atoms with van der Waals surface area (Å²) in [5.41, 5.74) is 1.12. The smallest absolute Gasteiger partial charge is 0.339 e. The predicted molar refractivity (Wildman–Crippen MR) is 78.9 cm³/mol. The first-order valence-electron chi connectivity index (χ1n) is 5.86. The van der Waals surface area contributed by atoms with Gasteiger partial charge in [0.1, 0.15) is 11.3 Å². The summed E-state index contributed by atoms with van der Waals surface area (Å²) >= 11 is 3.24. The molecule has 1 N–H and O–H groups in total. The number of rotatable bonds is 4. The standard InChI is InChI=1S/C15H13BrO4/c1-9-3-5-13(14(7-9)19-2)20-12-6-4-10(16)8-11(12)15(17)18/h3-8H,1-2H3,(H,17,18). The van der Waals surface area contributed by atoms with Gasteiger partial charge < -0.3 is 14.6 Å². The van der Waals surface area contributed by atoms with E-state index in [-0.39, 0.29) is 11.3 Å². The second-order valence-corrected chi connectivity index (χ2v) is 5.12. The number of ether oxygens (including phenoxy) is 2. The van der Waals surface area contributed by atoms with Gasteiger partial charge in [-0.3, -0.25) is 0 Å². The number of aryl methyl sites for hydroxylation is 1. The number of methoxy groups -OCH3 is 1. The highest BCUT2D eigenvalue weighted by Crippen LogP contribution is 2.34. The van der Waals surface area contributed by atoms with Crippen LogP contribution in [0.15, 0.2) is 40.9 Å². The van der Waals surface area contributed by atoms with E-state index in [1.807, 2.05) is 19.1 Å². The van der Waals surface area contributed by atoms with Crippen LogP contribution in [0.1, 0.15) is 15.9 Å². The lowest BCUT2D eigenvalue weighted by molar-refractivity contribution is 0.0694. The van der Waals surface area contributed by atoms with Crippen LogP contribution in [-0.4, -0.2) is 18.2 Å². The zero-order valence-corrected chi connectivity index (χ0v) is 12.6. The lowest BCUT2D eigenvalue weighted by Gasteiger charge is -2.12. The molecule has 0 spiro atoms. The zero-order valence-electron chi connectivity index (χ0n) is 11.0. The SMILES string of the molecule is COc1cc(C)ccc1Oc1ccc(Br)cc1C(=O)O. The summed E-state index contributed by atoms with van der Waals surface area (Å²) in [7, 11) is 1.54. The highest BCUT2D eigenvalue weighted by Gasteiger charge is 2.14. The molecule has 5 heteroatoms. The normalized spacial score (nSPS) is 10.2. The number of hydrogen-bond acceptors (Lipinski definition) is 3. The van der Waals surface area contributed by atoms with Crippen molar-refractivity contribution in [2.75, 3.05) is 7.11 Å². The van der Waals surface area contributed by atoms with Crippen molar-refractivity contribution in [3.05, 3.63) is 52.0 Å². The van der Waals surface area contributed by atoms with Gasteiger partial charge in [-0.25, -0.2) is 4.79 Å². The van der Waals surface area contributed by atoms with Crippen molar-refractivity contribution < 1.29 is 19.4 Å². The third-order valence-corrected chi connectivity index (χ3v) is 3.20. The van der Waals surface area contributed by atoms with Gasteiger partial charge in [0.25, 0.3) is 0 Å². The Bertz CT molecular complexity index is 652. The molecule has 104 valence electrons. The molecule has 2 rings (SSSR count). The Kier molecular flexibility index (Phi) is 4.29. The first-order chi connectivity index (χ1) is 9.51. The fourth-order valence-electron chi connectivity index (χ4n) is 1.74. The summed E-state index contributed by atoms with van der Waals surface area (Å²) < 4.78 is 11.6. The van der Waals surface area contributed by atoms with Gasteiger partial charge in [0.2, 0.25) is 0 Å². The minimum atomic E-state index is -1.05. The van der Waals surface area contributed by atoms with Gasteiger partial charge >= 0.3 is 5.97 Å². The molecule has 0 unspecified atom stereocenters. The number of carbonyl (C=O) groups is 1. The van der Waals surface area contributed by atoms with E-state index < -0.39 is 5.97 Å². The largest absolute Gasteiger partial charge is 0.493 e. The molecule has 0 atom stereocenters. The van der Waals surface area contributed by atoms with E-state index in [0.717, 1.165) is 5.56 Å². The van der Waals surface area contributed by atoms with Crippen LogP contribution < -0.4 is 9.47 Å². The van der Waals surface area contributed by atoms with Gasteiger partial charge in [-0.1, -0.05) is 22.0 Å². The number of aromatic carboxylic acids is 1. The molecule has 0 aromatic heterocycles. The minimum Gasteiger partial charge on any atom is -0.493 e. The number of halogens is 1. The van der Waals surface area contributed by atoms with Crippen LogP contribution in [-0.2, 0) is 0 Å². The Morgan fingerprint density at radius 2 is 1.80 bits per heavy atom. The van der Waals surface area contributed by atoms with Crippen molar-refractivity contribution in [1.29, 1.82) is 0 Å². The first-order valence-corrected chi connectivity index (χ1v) is 6.66. The maximum Gasteiger partial charge on any atom is 0.339 e. The molecule has 0 fully saturated rings. The average Bonchev–Trinajstić information content (AvgIpc) is 2.42. The van der Waals surface area contributed by atoms with Crippen molar-refractivity contribution in [2.24, 2.45) is 0 Å². The predicted octanol–water partition coefficient (Wildman–Crippen LogP) is 4.26. The van der Waals surface area contributed by atoms with E-state index in [2.05, 4.69) is 15.9 Å². The molecule has 0 radical (unpaired) electrons. The van der Waals surface area contributed by atoms with Crippen LogP contribution in [0.4, 0.5) is 0 Å². The van der Waals surface area contributed by atoms with E-state index in [4.69, 9.17) is 9.47 Å². The Morgan fingerprint density at radius 1 is 1.10 bits per heavy atom. The van der Waals surface area contributed by atoms with E-state index in [9.17, 15) is 9.90 Å². The Hall–Kier alpha value is -2.01. The summed E-state index contributed by atoms with van der Waals surface area (Å²) in [6.07, 6.45) is 0. The van der Waals surface area contributed by atoms with Gasteiger partial charge in [0.05, 0.1) is 7.11 Å². The summed E-state index contributed by atoms with van der Waals surface area (Å²) in [4.78, 5) is 11.2. The molecule has 0 aliphatic carbocycles. The maximum absolute atomic E-state index is 11.2. The highest BCUT2D eigenvalue weighted by atomic mass is 79.9. The fourth-order valence-corrected chi connectivity index (χ4v) is 2.10. The van der Waals surface area contributed by atoms with Crippen LogP contribution in [0.3, 0.4) is 0 Å². The molecule has 0 amide bonds. The summed E-state index contributed by atoms with van der Waals surface area (Å²) in [5, 5.41) is 9.21. The van der Waals surface area contributed by atoms with E-state index in [1.54, 1.807) is 25.3 Å². The monoisotopic (exact) mass is 336 g/mol. The molecule has 0 saturated heterocycles. The lowest BCUT2D eigenvalue weighted by Crippen LogP contribution is -2.00. The average molecular weight is 337 g/mol. The van der Waals surface area contributed by atoms with Crippen LogP contribution in [0.2, 0.25) is 0 Å². The second-order valence-electron chi connectivity index (χ2n) is 4.20. The molecule has 4 nitrogen and oxygen atoms in total. The first kappa shape index (κ1) is 14.4. The van der Waals surface area contributed by atoms with Gasteiger partial charge in [0.15, 0.2) is 11.5 Å². The molecule has 0 aliphatic rings. The maximum atomic E-state index is 11.2. The molecule has 2 aromatic rings. The molecule has 0 heterocycles. The van der Waals surface area contributed by atoms with Crippen molar-refractivity contribution in [3.8, 4) is 17.2 Å². The molecule has 0 aliphatic heterocycles. The van der Waals surface area contributed by atoms with E-state index in [0.29, 0.717) is 16.0 Å². The number of hydrogen-bond donors (Lipinski definition) is 1. The summed E-state index contributed by atoms with van der Waals surface area (Å²) in [6.45, 7) is 1.94. The molecule has 20 heavy (non-hydrogen) atoms. The van der Waals surface area contributed by atoms with E-state index >= 15 is 0 Å². The van der Waals surface area contributed by atoms with Crippen LogP contribution in [0.25, 0.3) is 0 Å². The molecular formula is C15H13BrO4. The van der Waals surface area contributed by atoms with Crippen molar-refractivity contribution in [1.82, 2.24) is 0 Å². The number of benzene rings is 2. The Morgan fingerprint density at radius 3 is 2.45 bits per heavy atom. The third kappa shape index (κ3) is 3.11. The lowest BCUT2D eigenvalue weighted by atomic mass is 10.2. The molecular weight excluding hydrogens is 324 g/mol. The summed E-state index contributed by atoms with van der Waals surface area (Å²) in [5.74, 6) is 0.252. The number of carboxylic acid groups (broad SMARTS) is 1.